The van der Waals surface area contributed by atoms with Gasteiger partial charge in [0.1, 0.15) is 5.75 Å². The lowest BCUT2D eigenvalue weighted by molar-refractivity contribution is -0.115. The van der Waals surface area contributed by atoms with E-state index in [1.165, 1.54) is 11.8 Å². The molecule has 27 heavy (non-hydrogen) atoms. The number of carbonyl (C=O) groups excluding carboxylic acids is 1. The van der Waals surface area contributed by atoms with Crippen LogP contribution in [0, 0.1) is 0 Å². The molecule has 8 heteroatoms. The van der Waals surface area contributed by atoms with Crippen LogP contribution in [0.3, 0.4) is 0 Å². The maximum atomic E-state index is 12.2. The molecule has 6 nitrogen and oxygen atoms in total. The van der Waals surface area contributed by atoms with E-state index in [9.17, 15) is 9.90 Å². The normalized spacial score (nSPS) is 16.6. The van der Waals surface area contributed by atoms with Gasteiger partial charge in [-0.05, 0) is 82.7 Å². The van der Waals surface area contributed by atoms with Crippen LogP contribution in [0.25, 0.3) is 6.08 Å². The molecule has 0 spiro atoms. The molecule has 1 saturated heterocycles. The third kappa shape index (κ3) is 4.64. The number of phenolic OH excluding ortho intramolecular Hbond substituents is 1. The highest BCUT2D eigenvalue weighted by Gasteiger charge is 2.24. The van der Waals surface area contributed by atoms with Crippen LogP contribution in [-0.4, -0.2) is 29.9 Å². The summed E-state index contributed by atoms with van der Waals surface area (Å²) in [6.07, 6.45) is 1.73. The number of carbonyl (C=O) groups is 1. The number of thioether (sulfide) groups is 1. The van der Waals surface area contributed by atoms with Gasteiger partial charge in [-0.2, -0.15) is 0 Å². The molecule has 1 amide bonds. The first-order chi connectivity index (χ1) is 13.0. The molecule has 1 heterocycles. The number of amidine groups is 1. The molecule has 2 aromatic rings. The number of methoxy groups -OCH3 is 1. The van der Waals surface area contributed by atoms with Gasteiger partial charge >= 0.3 is 0 Å². The molecule has 0 unspecified atom stereocenters. The molecular formula is C19H17BrN2O4S. The number of hydrogen-bond acceptors (Lipinski definition) is 6. The van der Waals surface area contributed by atoms with Crippen molar-refractivity contribution in [2.24, 2.45) is 4.99 Å². The van der Waals surface area contributed by atoms with E-state index in [1.807, 2.05) is 19.1 Å². The summed E-state index contributed by atoms with van der Waals surface area (Å²) in [6.45, 7) is 2.26. The number of nitrogens with one attached hydrogen (secondary N) is 1. The van der Waals surface area contributed by atoms with Gasteiger partial charge in [-0.1, -0.05) is 0 Å². The van der Waals surface area contributed by atoms with Crippen molar-refractivity contribution in [3.8, 4) is 17.2 Å². The van der Waals surface area contributed by atoms with E-state index >= 15 is 0 Å². The number of aromatic hydroxyl groups is 1. The summed E-state index contributed by atoms with van der Waals surface area (Å²) >= 11 is 4.55. The number of benzene rings is 2. The summed E-state index contributed by atoms with van der Waals surface area (Å²) in [7, 11) is 1.60. The van der Waals surface area contributed by atoms with Crippen LogP contribution in [0.1, 0.15) is 12.5 Å². The van der Waals surface area contributed by atoms with E-state index in [4.69, 9.17) is 9.47 Å². The molecular weight excluding hydrogens is 432 g/mol. The van der Waals surface area contributed by atoms with Gasteiger partial charge in [0, 0.05) is 0 Å². The summed E-state index contributed by atoms with van der Waals surface area (Å²) in [5.41, 5.74) is 1.44. The zero-order chi connectivity index (χ0) is 19.4. The molecule has 0 atom stereocenters. The first-order valence-electron chi connectivity index (χ1n) is 8.09. The number of phenols is 1. The monoisotopic (exact) mass is 448 g/mol. The fourth-order valence-electron chi connectivity index (χ4n) is 2.35. The second-order valence-electron chi connectivity index (χ2n) is 5.46. The van der Waals surface area contributed by atoms with E-state index in [2.05, 4.69) is 26.2 Å². The van der Waals surface area contributed by atoms with Gasteiger partial charge in [-0.25, -0.2) is 4.99 Å². The zero-order valence-corrected chi connectivity index (χ0v) is 17.1. The first kappa shape index (κ1) is 19.3. The second-order valence-corrected chi connectivity index (χ2v) is 7.35. The largest absolute Gasteiger partial charge is 0.503 e. The molecule has 2 aromatic carbocycles. The van der Waals surface area contributed by atoms with Crippen LogP contribution < -0.4 is 14.8 Å². The quantitative estimate of drug-likeness (QED) is 0.660. The van der Waals surface area contributed by atoms with Gasteiger partial charge in [-0.3, -0.25) is 4.79 Å². The Morgan fingerprint density at radius 2 is 2.04 bits per heavy atom. The number of aliphatic imine (C=N–C) groups is 1. The van der Waals surface area contributed by atoms with Crippen molar-refractivity contribution in [1.29, 1.82) is 0 Å². The van der Waals surface area contributed by atoms with Crippen LogP contribution >= 0.6 is 27.7 Å². The van der Waals surface area contributed by atoms with E-state index < -0.39 is 0 Å². The van der Waals surface area contributed by atoms with Gasteiger partial charge in [-0.15, -0.1) is 0 Å². The van der Waals surface area contributed by atoms with Crippen molar-refractivity contribution in [2.75, 3.05) is 13.7 Å². The highest BCUT2D eigenvalue weighted by molar-refractivity contribution is 9.10. The lowest BCUT2D eigenvalue weighted by Gasteiger charge is -2.08. The lowest BCUT2D eigenvalue weighted by Crippen LogP contribution is -2.19. The molecule has 0 aromatic heterocycles. The van der Waals surface area contributed by atoms with E-state index in [0.29, 0.717) is 32.6 Å². The second kappa shape index (κ2) is 8.49. The highest BCUT2D eigenvalue weighted by Crippen LogP contribution is 2.37. The Bertz CT molecular complexity index is 926. The minimum Gasteiger partial charge on any atom is -0.503 e. The standard InChI is InChI=1S/C19H17BrN2O4S/c1-3-26-15-9-11(8-14(20)17(15)23)10-16-18(24)22-19(27-16)21-12-4-6-13(25-2)7-5-12/h4-10,23H,3H2,1-2H3,(H,21,22,24). The summed E-state index contributed by atoms with van der Waals surface area (Å²) < 4.78 is 11.0. The summed E-state index contributed by atoms with van der Waals surface area (Å²) in [5.74, 6) is 0.901. The van der Waals surface area contributed by atoms with Gasteiger partial charge in [0.05, 0.1) is 28.8 Å². The van der Waals surface area contributed by atoms with Crippen LogP contribution in [0.5, 0.6) is 17.2 Å². The summed E-state index contributed by atoms with van der Waals surface area (Å²) in [5, 5.41) is 13.3. The Kier molecular flexibility index (Phi) is 6.08. The highest BCUT2D eigenvalue weighted by atomic mass is 79.9. The smallest absolute Gasteiger partial charge is 0.264 e. The van der Waals surface area contributed by atoms with Gasteiger partial charge in [0.15, 0.2) is 16.7 Å². The summed E-state index contributed by atoms with van der Waals surface area (Å²) in [4.78, 5) is 17.2. The number of amides is 1. The fraction of sp³-hybridized carbons (Fsp3) is 0.158. The molecule has 0 bridgehead atoms. The predicted molar refractivity (Wildman–Crippen MR) is 111 cm³/mol. The van der Waals surface area contributed by atoms with E-state index in [1.54, 1.807) is 37.5 Å². The Labute approximate surface area is 169 Å². The minimum atomic E-state index is -0.227. The molecule has 3 rings (SSSR count). The number of rotatable bonds is 5. The van der Waals surface area contributed by atoms with Crippen molar-refractivity contribution < 1.29 is 19.4 Å². The van der Waals surface area contributed by atoms with Gasteiger partial charge < -0.3 is 19.9 Å². The number of ether oxygens (including phenoxy) is 2. The average Bonchev–Trinajstić information content (AvgIpc) is 2.99. The molecule has 140 valence electrons. The van der Waals surface area contributed by atoms with Gasteiger partial charge in [0.25, 0.3) is 5.91 Å². The minimum absolute atomic E-state index is 0.0317. The van der Waals surface area contributed by atoms with Crippen molar-refractivity contribution in [3.63, 3.8) is 0 Å². The lowest BCUT2D eigenvalue weighted by atomic mass is 10.2. The van der Waals surface area contributed by atoms with E-state index in [-0.39, 0.29) is 11.7 Å². The molecule has 0 saturated carbocycles. The maximum absolute atomic E-state index is 12.2. The predicted octanol–water partition coefficient (Wildman–Crippen LogP) is 4.45. The molecule has 1 fully saturated rings. The Hall–Kier alpha value is -2.45. The van der Waals surface area contributed by atoms with Crippen molar-refractivity contribution in [2.45, 2.75) is 6.92 Å². The molecule has 1 aliphatic heterocycles. The van der Waals surface area contributed by atoms with Crippen LogP contribution in [-0.2, 0) is 4.79 Å². The van der Waals surface area contributed by atoms with Gasteiger partial charge in [0.2, 0.25) is 0 Å². The molecule has 0 aliphatic carbocycles. The van der Waals surface area contributed by atoms with Crippen LogP contribution in [0.4, 0.5) is 5.69 Å². The molecule has 2 N–H and O–H groups in total. The molecule has 1 aliphatic rings. The third-order valence-electron chi connectivity index (χ3n) is 3.60. The Balaban J connectivity index is 1.83. The SMILES string of the molecule is CCOc1cc(C=C2SC(=Nc3ccc(OC)cc3)NC2=O)cc(Br)c1O. The van der Waals surface area contributed by atoms with Crippen LogP contribution in [0.15, 0.2) is 50.8 Å². The topological polar surface area (TPSA) is 80.2 Å². The Morgan fingerprint density at radius 1 is 1.30 bits per heavy atom. The Morgan fingerprint density at radius 3 is 2.70 bits per heavy atom. The third-order valence-corrected chi connectivity index (χ3v) is 5.12. The van der Waals surface area contributed by atoms with Crippen LogP contribution in [0.2, 0.25) is 0 Å². The van der Waals surface area contributed by atoms with Crippen molar-refractivity contribution in [1.82, 2.24) is 5.32 Å². The van der Waals surface area contributed by atoms with Crippen molar-refractivity contribution >= 4 is 50.5 Å². The molecule has 0 radical (unpaired) electrons. The van der Waals surface area contributed by atoms with Crippen molar-refractivity contribution in [3.05, 3.63) is 51.3 Å². The first-order valence-corrected chi connectivity index (χ1v) is 9.70. The fourth-order valence-corrected chi connectivity index (χ4v) is 3.65. The zero-order valence-electron chi connectivity index (χ0n) is 14.7. The average molecular weight is 449 g/mol. The number of halogens is 1. The summed E-state index contributed by atoms with van der Waals surface area (Å²) in [6, 6.07) is 10.6. The number of nitrogens with zero attached hydrogens (tertiary/aromatic N) is 1. The van der Waals surface area contributed by atoms with E-state index in [0.717, 1.165) is 11.3 Å². The maximum Gasteiger partial charge on any atom is 0.264 e. The number of hydrogen-bond donors (Lipinski definition) is 2.